The number of rotatable bonds is 3. The Morgan fingerprint density at radius 3 is 2.68 bits per heavy atom. The number of anilines is 2. The van der Waals surface area contributed by atoms with Crippen LogP contribution in [-0.2, 0) is 10.2 Å². The molecule has 0 bridgehead atoms. The van der Waals surface area contributed by atoms with Gasteiger partial charge in [0.15, 0.2) is 0 Å². The van der Waals surface area contributed by atoms with Gasteiger partial charge >= 0.3 is 0 Å². The van der Waals surface area contributed by atoms with E-state index in [1.807, 2.05) is 11.0 Å². The van der Waals surface area contributed by atoms with Gasteiger partial charge in [0, 0.05) is 24.0 Å². The van der Waals surface area contributed by atoms with Crippen molar-refractivity contribution in [3.63, 3.8) is 0 Å². The van der Waals surface area contributed by atoms with E-state index in [9.17, 15) is 4.79 Å². The van der Waals surface area contributed by atoms with Gasteiger partial charge < -0.3 is 11.1 Å². The lowest BCUT2D eigenvalue weighted by Crippen LogP contribution is -2.47. The first-order valence-corrected chi connectivity index (χ1v) is 10.5. The molecular formula is C23H28N4O. The molecule has 5 rings (SSSR count). The molecule has 1 saturated heterocycles. The number of nitrogens with two attached hydrogens (primary N) is 1. The lowest BCUT2D eigenvalue weighted by Gasteiger charge is -2.39. The normalized spacial score (nSPS) is 23.2. The lowest BCUT2D eigenvalue weighted by molar-refractivity contribution is -0.121. The summed E-state index contributed by atoms with van der Waals surface area (Å²) in [6, 6.07) is 12.5. The van der Waals surface area contributed by atoms with Crippen LogP contribution in [0.2, 0.25) is 0 Å². The highest BCUT2D eigenvalue weighted by Gasteiger charge is 2.48. The third-order valence-electron chi connectivity index (χ3n) is 7.05. The fourth-order valence-corrected chi connectivity index (χ4v) is 5.35. The molecule has 5 nitrogen and oxygen atoms in total. The van der Waals surface area contributed by atoms with E-state index in [2.05, 4.69) is 34.6 Å². The maximum atomic E-state index is 13.9. The molecule has 2 aliphatic carbocycles. The zero-order valence-electron chi connectivity index (χ0n) is 16.2. The van der Waals surface area contributed by atoms with Gasteiger partial charge in [-0.1, -0.05) is 24.3 Å². The van der Waals surface area contributed by atoms with Crippen molar-refractivity contribution in [1.29, 1.82) is 0 Å². The fraction of sp³-hybridized carbons (Fsp3) is 0.478. The first-order valence-electron chi connectivity index (χ1n) is 10.5. The molecule has 1 aromatic heterocycles. The molecule has 1 atom stereocenters. The average Bonchev–Trinajstić information content (AvgIpc) is 2.99. The smallest absolute Gasteiger partial charge is 0.235 e. The molecule has 3 aliphatic rings. The summed E-state index contributed by atoms with van der Waals surface area (Å²) in [6.07, 6.45) is 8.10. The van der Waals surface area contributed by atoms with Crippen molar-refractivity contribution < 1.29 is 4.79 Å². The topological polar surface area (TPSA) is 71.2 Å². The lowest BCUT2D eigenvalue weighted by atomic mass is 9.74. The predicted molar refractivity (Wildman–Crippen MR) is 111 cm³/mol. The zero-order valence-corrected chi connectivity index (χ0v) is 16.2. The molecule has 1 saturated carbocycles. The van der Waals surface area contributed by atoms with Gasteiger partial charge in [-0.05, 0) is 74.2 Å². The second kappa shape index (κ2) is 6.89. The molecule has 1 amide bonds. The van der Waals surface area contributed by atoms with E-state index in [0.717, 1.165) is 45.2 Å². The minimum Gasteiger partial charge on any atom is -0.399 e. The molecule has 5 heteroatoms. The van der Waals surface area contributed by atoms with Crippen LogP contribution < -0.4 is 16.0 Å². The molecule has 1 aliphatic heterocycles. The Bertz CT molecular complexity index is 886. The van der Waals surface area contributed by atoms with Crippen molar-refractivity contribution >= 4 is 17.4 Å². The van der Waals surface area contributed by atoms with Gasteiger partial charge in [0.2, 0.25) is 5.91 Å². The minimum absolute atomic E-state index is 0.0851. The molecular weight excluding hydrogens is 348 g/mol. The summed E-state index contributed by atoms with van der Waals surface area (Å²) in [5, 5.41) is 3.48. The molecule has 28 heavy (non-hydrogen) atoms. The van der Waals surface area contributed by atoms with E-state index in [4.69, 9.17) is 5.73 Å². The van der Waals surface area contributed by atoms with Gasteiger partial charge in [-0.15, -0.1) is 0 Å². The molecule has 1 aromatic carbocycles. The summed E-state index contributed by atoms with van der Waals surface area (Å²) >= 11 is 0. The van der Waals surface area contributed by atoms with Crippen molar-refractivity contribution in [3.05, 3.63) is 53.7 Å². The minimum atomic E-state index is -0.0851. The summed E-state index contributed by atoms with van der Waals surface area (Å²) in [6.45, 7) is 2.05. The van der Waals surface area contributed by atoms with Crippen molar-refractivity contribution in [2.75, 3.05) is 23.7 Å². The average molecular weight is 377 g/mol. The van der Waals surface area contributed by atoms with Crippen molar-refractivity contribution in [3.8, 4) is 0 Å². The summed E-state index contributed by atoms with van der Waals surface area (Å²) in [7, 11) is 0. The third-order valence-corrected chi connectivity index (χ3v) is 7.05. The maximum Gasteiger partial charge on any atom is 0.235 e. The van der Waals surface area contributed by atoms with Crippen LogP contribution in [0.5, 0.6) is 0 Å². The number of nitrogen functional groups attached to an aromatic ring is 1. The first-order chi connectivity index (χ1) is 13.7. The number of aromatic nitrogens is 1. The van der Waals surface area contributed by atoms with Crippen molar-refractivity contribution in [2.24, 2.45) is 0 Å². The SMILES string of the molecule is Nc1ccnc(N(C(=O)C2CC3(CCNCC3)c3ccccc32)C2CCC2)c1. The van der Waals surface area contributed by atoms with E-state index < -0.39 is 0 Å². The number of hydrogen-bond donors (Lipinski definition) is 2. The van der Waals surface area contributed by atoms with Crippen LogP contribution in [0.3, 0.4) is 0 Å². The maximum absolute atomic E-state index is 13.9. The highest BCUT2D eigenvalue weighted by atomic mass is 16.2. The number of carbonyl (C=O) groups is 1. The van der Waals surface area contributed by atoms with Gasteiger partial charge in [-0.25, -0.2) is 4.98 Å². The Hall–Kier alpha value is -2.40. The van der Waals surface area contributed by atoms with Gasteiger partial charge in [0.05, 0.1) is 5.92 Å². The summed E-state index contributed by atoms with van der Waals surface area (Å²) < 4.78 is 0. The molecule has 2 fully saturated rings. The third kappa shape index (κ3) is 2.80. The monoisotopic (exact) mass is 376 g/mol. The van der Waals surface area contributed by atoms with E-state index in [-0.39, 0.29) is 23.3 Å². The largest absolute Gasteiger partial charge is 0.399 e. The number of pyridine rings is 1. The van der Waals surface area contributed by atoms with E-state index in [1.54, 1.807) is 12.3 Å². The van der Waals surface area contributed by atoms with Crippen LogP contribution in [0.1, 0.15) is 55.6 Å². The number of hydrogen-bond acceptors (Lipinski definition) is 4. The standard InChI is InChI=1S/C23H28N4O/c24-16-8-11-26-21(14-16)27(17-4-3-5-17)22(28)19-15-23(9-12-25-13-10-23)20-7-2-1-6-18(19)20/h1-2,6-8,11,14,17,19,25H,3-5,9-10,12-13,15H2,(H2,24,26). The van der Waals surface area contributed by atoms with Crippen molar-refractivity contribution in [2.45, 2.75) is 55.9 Å². The van der Waals surface area contributed by atoms with Gasteiger partial charge in [0.25, 0.3) is 0 Å². The van der Waals surface area contributed by atoms with Gasteiger partial charge in [-0.3, -0.25) is 9.69 Å². The quantitative estimate of drug-likeness (QED) is 0.862. The number of piperidine rings is 1. The molecule has 1 spiro atoms. The zero-order chi connectivity index (χ0) is 19.1. The number of nitrogens with zero attached hydrogens (tertiary/aromatic N) is 2. The summed E-state index contributed by atoms with van der Waals surface area (Å²) in [5.74, 6) is 0.822. The molecule has 2 heterocycles. The Labute approximate surface area is 166 Å². The molecule has 146 valence electrons. The number of fused-ring (bicyclic) bond motifs is 2. The summed E-state index contributed by atoms with van der Waals surface area (Å²) in [4.78, 5) is 20.4. The van der Waals surface area contributed by atoms with E-state index in [1.165, 1.54) is 17.5 Å². The van der Waals surface area contributed by atoms with E-state index in [0.29, 0.717) is 11.5 Å². The summed E-state index contributed by atoms with van der Waals surface area (Å²) in [5.41, 5.74) is 9.42. The highest BCUT2D eigenvalue weighted by molar-refractivity contribution is 5.99. The molecule has 2 aromatic rings. The Morgan fingerprint density at radius 2 is 1.96 bits per heavy atom. The van der Waals surface area contributed by atoms with Crippen LogP contribution in [-0.4, -0.2) is 30.0 Å². The van der Waals surface area contributed by atoms with Crippen LogP contribution in [0, 0.1) is 0 Å². The number of amides is 1. The van der Waals surface area contributed by atoms with E-state index >= 15 is 0 Å². The van der Waals surface area contributed by atoms with Crippen LogP contribution >= 0.6 is 0 Å². The fourth-order valence-electron chi connectivity index (χ4n) is 5.35. The molecule has 1 unspecified atom stereocenters. The number of nitrogens with one attached hydrogen (secondary N) is 1. The highest BCUT2D eigenvalue weighted by Crippen LogP contribution is 2.52. The van der Waals surface area contributed by atoms with Gasteiger partial charge in [0.1, 0.15) is 5.82 Å². The van der Waals surface area contributed by atoms with Crippen LogP contribution in [0.4, 0.5) is 11.5 Å². The van der Waals surface area contributed by atoms with Crippen LogP contribution in [0.15, 0.2) is 42.6 Å². The second-order valence-corrected chi connectivity index (χ2v) is 8.61. The van der Waals surface area contributed by atoms with Crippen molar-refractivity contribution in [1.82, 2.24) is 10.3 Å². The second-order valence-electron chi connectivity index (χ2n) is 8.61. The molecule has 0 radical (unpaired) electrons. The predicted octanol–water partition coefficient (Wildman–Crippen LogP) is 3.36. The Kier molecular flexibility index (Phi) is 4.35. The Balaban J connectivity index is 1.53. The first kappa shape index (κ1) is 17.7. The number of benzene rings is 1. The van der Waals surface area contributed by atoms with Gasteiger partial charge in [-0.2, -0.15) is 0 Å². The van der Waals surface area contributed by atoms with Crippen LogP contribution in [0.25, 0.3) is 0 Å². The number of carbonyl (C=O) groups excluding carboxylic acids is 1. The Morgan fingerprint density at radius 1 is 1.18 bits per heavy atom. The molecule has 3 N–H and O–H groups in total.